The highest BCUT2D eigenvalue weighted by atomic mass is 35.5. The maximum atomic E-state index is 13.1. The second-order valence-electron chi connectivity index (χ2n) is 6.80. The Balaban J connectivity index is 1.96. The van der Waals surface area contributed by atoms with E-state index >= 15 is 0 Å². The number of halogens is 1. The number of carbonyl (C=O) groups is 3. The molecule has 2 aromatic carbocycles. The van der Waals surface area contributed by atoms with E-state index in [2.05, 4.69) is 5.32 Å². The molecule has 1 heterocycles. The summed E-state index contributed by atoms with van der Waals surface area (Å²) in [5.74, 6) is -1.37. The van der Waals surface area contributed by atoms with Crippen LogP contribution in [0.1, 0.15) is 33.2 Å². The Bertz CT molecular complexity index is 1040. The van der Waals surface area contributed by atoms with Crippen molar-refractivity contribution in [3.8, 4) is 11.5 Å². The monoisotopic (exact) mass is 433 g/mol. The van der Waals surface area contributed by atoms with Gasteiger partial charge in [-0.15, -0.1) is 0 Å². The summed E-state index contributed by atoms with van der Waals surface area (Å²) in [6.07, 6.45) is 0.137. The predicted molar refractivity (Wildman–Crippen MR) is 108 cm³/mol. The molecule has 30 heavy (non-hydrogen) atoms. The lowest BCUT2D eigenvalue weighted by atomic mass is 9.89. The number of fused-ring (bicyclic) bond motifs is 1. The summed E-state index contributed by atoms with van der Waals surface area (Å²) >= 11 is 5.94. The lowest BCUT2D eigenvalue weighted by molar-refractivity contribution is -0.134. The van der Waals surface area contributed by atoms with Gasteiger partial charge in [0.25, 0.3) is 5.91 Å². The minimum atomic E-state index is -1.50. The van der Waals surface area contributed by atoms with Crippen molar-refractivity contribution in [1.29, 1.82) is 0 Å². The molecule has 2 aromatic rings. The van der Waals surface area contributed by atoms with Gasteiger partial charge in [0.1, 0.15) is 0 Å². The van der Waals surface area contributed by atoms with Gasteiger partial charge in [0.05, 0.1) is 38.1 Å². The molecular weight excluding hydrogens is 414 g/mol. The van der Waals surface area contributed by atoms with E-state index in [1.807, 2.05) is 0 Å². The predicted octanol–water partition coefficient (Wildman–Crippen LogP) is 3.25. The third kappa shape index (κ3) is 3.91. The molecule has 0 radical (unpaired) electrons. The fourth-order valence-corrected chi connectivity index (χ4v) is 3.37. The molecule has 1 amide bonds. The number of amides is 1. The van der Waals surface area contributed by atoms with Crippen LogP contribution in [0.15, 0.2) is 30.3 Å². The van der Waals surface area contributed by atoms with Crippen molar-refractivity contribution in [1.82, 2.24) is 0 Å². The van der Waals surface area contributed by atoms with Gasteiger partial charge in [0, 0.05) is 23.6 Å². The number of rotatable bonds is 5. The molecule has 9 heteroatoms. The van der Waals surface area contributed by atoms with Crippen LogP contribution in [0.3, 0.4) is 0 Å². The van der Waals surface area contributed by atoms with E-state index in [1.165, 1.54) is 46.5 Å². The third-order valence-electron chi connectivity index (χ3n) is 4.80. The zero-order valence-electron chi connectivity index (χ0n) is 16.8. The molecule has 1 aliphatic heterocycles. The first-order valence-corrected chi connectivity index (χ1v) is 9.27. The second-order valence-corrected chi connectivity index (χ2v) is 7.23. The number of cyclic esters (lactones) is 1. The van der Waals surface area contributed by atoms with Gasteiger partial charge in [-0.05, 0) is 24.6 Å². The molecule has 0 spiro atoms. The van der Waals surface area contributed by atoms with E-state index in [0.717, 1.165) is 0 Å². The molecule has 0 fully saturated rings. The molecule has 0 aromatic heterocycles. The topological polar surface area (TPSA) is 100 Å². The van der Waals surface area contributed by atoms with Gasteiger partial charge < -0.3 is 24.3 Å². The van der Waals surface area contributed by atoms with Crippen LogP contribution in [0.25, 0.3) is 0 Å². The number of nitrogens with one attached hydrogen (secondary N) is 1. The number of hydrogen-bond donors (Lipinski definition) is 1. The number of hydrogen-bond acceptors (Lipinski definition) is 7. The summed E-state index contributed by atoms with van der Waals surface area (Å²) in [4.78, 5) is 37.8. The van der Waals surface area contributed by atoms with Gasteiger partial charge >= 0.3 is 11.9 Å². The van der Waals surface area contributed by atoms with Crippen LogP contribution in [-0.2, 0) is 20.7 Å². The lowest BCUT2D eigenvalue weighted by Gasteiger charge is -2.33. The smallest absolute Gasteiger partial charge is 0.340 e. The Morgan fingerprint density at radius 1 is 1.10 bits per heavy atom. The number of ether oxygens (including phenoxy) is 4. The van der Waals surface area contributed by atoms with Gasteiger partial charge in [-0.3, -0.25) is 4.79 Å². The highest BCUT2D eigenvalue weighted by Gasteiger charge is 2.43. The molecule has 1 atom stereocenters. The standard InChI is InChI=1S/C21H20ClNO7/c1-21(10-11-5-6-12(22)7-13(11)19(25)30-21)20(26)23-15-9-17(28-3)16(27-2)8-14(15)18(24)29-4/h5-9H,10H2,1-4H3,(H,23,26)/t21-/m1/s1. The molecule has 0 unspecified atom stereocenters. The van der Waals surface area contributed by atoms with Crippen molar-refractivity contribution in [2.24, 2.45) is 0 Å². The number of carbonyl (C=O) groups excluding carboxylic acids is 3. The van der Waals surface area contributed by atoms with E-state index in [4.69, 9.17) is 30.5 Å². The van der Waals surface area contributed by atoms with Crippen molar-refractivity contribution < 1.29 is 33.3 Å². The number of benzene rings is 2. The molecule has 0 saturated heterocycles. The first-order valence-electron chi connectivity index (χ1n) is 8.90. The summed E-state index contributed by atoms with van der Waals surface area (Å²) in [6.45, 7) is 1.50. The molecule has 0 aliphatic carbocycles. The Morgan fingerprint density at radius 2 is 1.77 bits per heavy atom. The van der Waals surface area contributed by atoms with Crippen molar-refractivity contribution in [2.45, 2.75) is 18.9 Å². The SMILES string of the molecule is COC(=O)c1cc(OC)c(OC)cc1NC(=O)[C@@]1(C)Cc2ccc(Cl)cc2C(=O)O1. The Hall–Kier alpha value is -3.26. The number of esters is 2. The molecule has 158 valence electrons. The van der Waals surface area contributed by atoms with E-state index < -0.39 is 23.4 Å². The summed E-state index contributed by atoms with van der Waals surface area (Å²) in [5, 5.41) is 3.04. The van der Waals surface area contributed by atoms with Crippen LogP contribution in [0.4, 0.5) is 5.69 Å². The minimum absolute atomic E-state index is 0.0569. The zero-order valence-corrected chi connectivity index (χ0v) is 17.6. The molecule has 1 aliphatic rings. The number of methoxy groups -OCH3 is 3. The van der Waals surface area contributed by atoms with Crippen LogP contribution in [0.2, 0.25) is 5.02 Å². The summed E-state index contributed by atoms with van der Waals surface area (Å²) in [7, 11) is 4.06. The fourth-order valence-electron chi connectivity index (χ4n) is 3.19. The van der Waals surface area contributed by atoms with Gasteiger partial charge in [-0.25, -0.2) is 9.59 Å². The van der Waals surface area contributed by atoms with Gasteiger partial charge in [-0.1, -0.05) is 17.7 Å². The van der Waals surface area contributed by atoms with E-state index in [9.17, 15) is 14.4 Å². The highest BCUT2D eigenvalue weighted by molar-refractivity contribution is 6.31. The van der Waals surface area contributed by atoms with Gasteiger partial charge in [0.15, 0.2) is 17.1 Å². The van der Waals surface area contributed by atoms with E-state index in [0.29, 0.717) is 21.9 Å². The van der Waals surface area contributed by atoms with Gasteiger partial charge in [0.2, 0.25) is 0 Å². The third-order valence-corrected chi connectivity index (χ3v) is 5.03. The van der Waals surface area contributed by atoms with Crippen LogP contribution in [-0.4, -0.2) is 44.8 Å². The fraction of sp³-hybridized carbons (Fsp3) is 0.286. The molecular formula is C21H20ClNO7. The van der Waals surface area contributed by atoms with Crippen molar-refractivity contribution in [3.05, 3.63) is 52.0 Å². The van der Waals surface area contributed by atoms with Crippen LogP contribution < -0.4 is 14.8 Å². The zero-order chi connectivity index (χ0) is 22.1. The van der Waals surface area contributed by atoms with Crippen molar-refractivity contribution >= 4 is 35.1 Å². The van der Waals surface area contributed by atoms with Crippen LogP contribution in [0, 0.1) is 0 Å². The normalized spacial score (nSPS) is 17.4. The quantitative estimate of drug-likeness (QED) is 0.722. The van der Waals surface area contributed by atoms with Gasteiger partial charge in [-0.2, -0.15) is 0 Å². The Kier molecular flexibility index (Phi) is 5.89. The Labute approximate surface area is 178 Å². The molecule has 0 bridgehead atoms. The molecule has 1 N–H and O–H groups in total. The maximum Gasteiger partial charge on any atom is 0.340 e. The van der Waals surface area contributed by atoms with Crippen molar-refractivity contribution in [3.63, 3.8) is 0 Å². The summed E-state index contributed by atoms with van der Waals surface area (Å²) in [5.41, 5.74) is -0.369. The maximum absolute atomic E-state index is 13.1. The minimum Gasteiger partial charge on any atom is -0.493 e. The first-order chi connectivity index (χ1) is 14.2. The molecule has 3 rings (SSSR count). The van der Waals surface area contributed by atoms with Crippen LogP contribution >= 0.6 is 11.6 Å². The summed E-state index contributed by atoms with van der Waals surface area (Å²) < 4.78 is 20.7. The van der Waals surface area contributed by atoms with E-state index in [-0.39, 0.29) is 23.4 Å². The highest BCUT2D eigenvalue weighted by Crippen LogP contribution is 2.36. The Morgan fingerprint density at radius 3 is 2.40 bits per heavy atom. The van der Waals surface area contributed by atoms with Crippen LogP contribution in [0.5, 0.6) is 11.5 Å². The van der Waals surface area contributed by atoms with Crippen molar-refractivity contribution in [2.75, 3.05) is 26.6 Å². The average Bonchev–Trinajstić information content (AvgIpc) is 2.73. The first kappa shape index (κ1) is 21.4. The molecule has 8 nitrogen and oxygen atoms in total. The van der Waals surface area contributed by atoms with E-state index in [1.54, 1.807) is 12.1 Å². The number of anilines is 1. The lowest BCUT2D eigenvalue weighted by Crippen LogP contribution is -2.49. The summed E-state index contributed by atoms with van der Waals surface area (Å²) in [6, 6.07) is 7.65. The average molecular weight is 434 g/mol. The largest absolute Gasteiger partial charge is 0.493 e. The molecule has 0 saturated carbocycles. The second kappa shape index (κ2) is 8.23.